The molecule has 132 valence electrons. The molecule has 1 aromatic heterocycles. The van der Waals surface area contributed by atoms with E-state index in [1.165, 1.54) is 5.56 Å². The number of aryl methyl sites for hydroxylation is 1. The van der Waals surface area contributed by atoms with Crippen molar-refractivity contribution in [2.24, 2.45) is 0 Å². The van der Waals surface area contributed by atoms with Crippen LogP contribution in [-0.4, -0.2) is 34.9 Å². The summed E-state index contributed by atoms with van der Waals surface area (Å²) in [6, 6.07) is 16.5. The van der Waals surface area contributed by atoms with Crippen LogP contribution in [0, 0.1) is 0 Å². The molecule has 1 aromatic carbocycles. The summed E-state index contributed by atoms with van der Waals surface area (Å²) in [6.45, 7) is 2.64. The van der Waals surface area contributed by atoms with Crippen molar-refractivity contribution >= 4 is 5.91 Å². The molecular weight excluding hydrogens is 310 g/mol. The van der Waals surface area contributed by atoms with Crippen LogP contribution >= 0.6 is 0 Å². The van der Waals surface area contributed by atoms with E-state index in [0.717, 1.165) is 44.5 Å². The molecule has 0 saturated carbocycles. The zero-order valence-electron chi connectivity index (χ0n) is 14.7. The van der Waals surface area contributed by atoms with Gasteiger partial charge in [-0.05, 0) is 56.5 Å². The van der Waals surface area contributed by atoms with Gasteiger partial charge in [-0.1, -0.05) is 36.4 Å². The summed E-state index contributed by atoms with van der Waals surface area (Å²) in [5.41, 5.74) is 2.18. The first-order valence-corrected chi connectivity index (χ1v) is 9.27. The van der Waals surface area contributed by atoms with Crippen LogP contribution in [0.3, 0.4) is 0 Å². The fourth-order valence-electron chi connectivity index (χ4n) is 3.44. The maximum atomic E-state index is 13.0. The molecule has 0 spiro atoms. The molecule has 1 atom stereocenters. The first-order valence-electron chi connectivity index (χ1n) is 9.27. The number of carbonyl (C=O) groups is 1. The summed E-state index contributed by atoms with van der Waals surface area (Å²) in [7, 11) is 0. The topological polar surface area (TPSA) is 45.2 Å². The van der Waals surface area contributed by atoms with Gasteiger partial charge < -0.3 is 10.2 Å². The average molecular weight is 337 g/mol. The van der Waals surface area contributed by atoms with Crippen molar-refractivity contribution < 1.29 is 4.79 Å². The van der Waals surface area contributed by atoms with E-state index in [4.69, 9.17) is 0 Å². The van der Waals surface area contributed by atoms with Gasteiger partial charge in [0, 0.05) is 18.7 Å². The summed E-state index contributed by atoms with van der Waals surface area (Å²) >= 11 is 0. The fraction of sp³-hybridized carbons (Fsp3) is 0.429. The second kappa shape index (κ2) is 9.33. The summed E-state index contributed by atoms with van der Waals surface area (Å²) in [5.74, 6) is 0.237. The third-order valence-corrected chi connectivity index (χ3v) is 4.84. The van der Waals surface area contributed by atoms with Crippen LogP contribution in [0.2, 0.25) is 0 Å². The van der Waals surface area contributed by atoms with Crippen molar-refractivity contribution in [2.75, 3.05) is 13.1 Å². The molecule has 0 bridgehead atoms. The molecule has 4 nitrogen and oxygen atoms in total. The SMILES string of the molecule is O=C(CCc1ccccc1)N(Cc1ccccn1)C1CCCNCC1. The Morgan fingerprint density at radius 2 is 1.92 bits per heavy atom. The highest BCUT2D eigenvalue weighted by Gasteiger charge is 2.24. The standard InChI is InChI=1S/C21H27N3O/c25-21(12-11-18-7-2-1-3-8-18)24(17-19-9-4-5-15-23-19)20-10-6-14-22-16-13-20/h1-5,7-9,15,20,22H,6,10-14,16-17H2. The van der Waals surface area contributed by atoms with Crippen molar-refractivity contribution in [2.45, 2.75) is 44.7 Å². The Kier molecular flexibility index (Phi) is 6.57. The Balaban J connectivity index is 1.68. The van der Waals surface area contributed by atoms with Crippen LogP contribution in [0.15, 0.2) is 54.7 Å². The predicted molar refractivity (Wildman–Crippen MR) is 100 cm³/mol. The molecule has 1 amide bonds. The van der Waals surface area contributed by atoms with Crippen LogP contribution in [0.1, 0.15) is 36.9 Å². The Labute approximate surface area is 150 Å². The van der Waals surface area contributed by atoms with Crippen LogP contribution < -0.4 is 5.32 Å². The monoisotopic (exact) mass is 337 g/mol. The van der Waals surface area contributed by atoms with E-state index in [0.29, 0.717) is 19.0 Å². The third-order valence-electron chi connectivity index (χ3n) is 4.84. The smallest absolute Gasteiger partial charge is 0.223 e. The van der Waals surface area contributed by atoms with Gasteiger partial charge in [0.2, 0.25) is 5.91 Å². The largest absolute Gasteiger partial charge is 0.334 e. The molecular formula is C21H27N3O. The molecule has 1 saturated heterocycles. The van der Waals surface area contributed by atoms with Crippen molar-refractivity contribution in [3.63, 3.8) is 0 Å². The molecule has 1 fully saturated rings. The van der Waals surface area contributed by atoms with Gasteiger partial charge in [0.1, 0.15) is 0 Å². The molecule has 1 aliphatic heterocycles. The maximum Gasteiger partial charge on any atom is 0.223 e. The summed E-state index contributed by atoms with van der Waals surface area (Å²) in [6.07, 6.45) is 6.36. The zero-order valence-corrected chi connectivity index (χ0v) is 14.7. The number of nitrogens with one attached hydrogen (secondary N) is 1. The van der Waals surface area contributed by atoms with Crippen LogP contribution in [-0.2, 0) is 17.8 Å². The molecule has 0 radical (unpaired) electrons. The zero-order chi connectivity index (χ0) is 17.3. The molecule has 25 heavy (non-hydrogen) atoms. The second-order valence-electron chi connectivity index (χ2n) is 6.66. The average Bonchev–Trinajstić information content (AvgIpc) is 2.95. The van der Waals surface area contributed by atoms with Gasteiger partial charge in [0.25, 0.3) is 0 Å². The fourth-order valence-corrected chi connectivity index (χ4v) is 3.44. The number of benzene rings is 1. The van der Waals surface area contributed by atoms with Gasteiger partial charge in [-0.25, -0.2) is 0 Å². The minimum absolute atomic E-state index is 0.237. The quantitative estimate of drug-likeness (QED) is 0.880. The normalized spacial score (nSPS) is 17.7. The number of hydrogen-bond donors (Lipinski definition) is 1. The van der Waals surface area contributed by atoms with Crippen molar-refractivity contribution in [1.82, 2.24) is 15.2 Å². The highest BCUT2D eigenvalue weighted by Crippen LogP contribution is 2.18. The number of hydrogen-bond acceptors (Lipinski definition) is 3. The molecule has 2 heterocycles. The van der Waals surface area contributed by atoms with Crippen LogP contribution in [0.4, 0.5) is 0 Å². The molecule has 3 rings (SSSR count). The Hall–Kier alpha value is -2.20. The number of nitrogens with zero attached hydrogens (tertiary/aromatic N) is 2. The van der Waals surface area contributed by atoms with Gasteiger partial charge in [-0.15, -0.1) is 0 Å². The number of amides is 1. The molecule has 1 unspecified atom stereocenters. The Morgan fingerprint density at radius 3 is 2.72 bits per heavy atom. The predicted octanol–water partition coefficient (Wildman–Crippen LogP) is 3.19. The lowest BCUT2D eigenvalue weighted by Crippen LogP contribution is -2.40. The van der Waals surface area contributed by atoms with Crippen LogP contribution in [0.25, 0.3) is 0 Å². The van der Waals surface area contributed by atoms with Crippen molar-refractivity contribution in [3.05, 3.63) is 66.0 Å². The highest BCUT2D eigenvalue weighted by atomic mass is 16.2. The van der Waals surface area contributed by atoms with Gasteiger partial charge in [0.15, 0.2) is 0 Å². The molecule has 4 heteroatoms. The summed E-state index contributed by atoms with van der Waals surface area (Å²) in [4.78, 5) is 19.5. The molecule has 2 aromatic rings. The first kappa shape index (κ1) is 17.6. The van der Waals surface area contributed by atoms with E-state index >= 15 is 0 Å². The second-order valence-corrected chi connectivity index (χ2v) is 6.66. The first-order chi connectivity index (χ1) is 12.3. The summed E-state index contributed by atoms with van der Waals surface area (Å²) < 4.78 is 0. The lowest BCUT2D eigenvalue weighted by atomic mass is 10.0. The van der Waals surface area contributed by atoms with E-state index in [1.54, 1.807) is 6.20 Å². The van der Waals surface area contributed by atoms with Crippen molar-refractivity contribution in [3.8, 4) is 0 Å². The van der Waals surface area contributed by atoms with Crippen LogP contribution in [0.5, 0.6) is 0 Å². The van der Waals surface area contributed by atoms with E-state index < -0.39 is 0 Å². The van der Waals surface area contributed by atoms with Gasteiger partial charge in [-0.3, -0.25) is 9.78 Å². The number of aromatic nitrogens is 1. The van der Waals surface area contributed by atoms with Crippen molar-refractivity contribution in [1.29, 1.82) is 0 Å². The maximum absolute atomic E-state index is 13.0. The Bertz CT molecular complexity index is 637. The number of pyridine rings is 1. The summed E-state index contributed by atoms with van der Waals surface area (Å²) in [5, 5.41) is 3.44. The molecule has 1 aliphatic rings. The minimum atomic E-state index is 0.237. The third kappa shape index (κ3) is 5.40. The van der Waals surface area contributed by atoms with E-state index in [2.05, 4.69) is 27.3 Å². The molecule has 0 aliphatic carbocycles. The van der Waals surface area contributed by atoms with E-state index in [9.17, 15) is 4.79 Å². The lowest BCUT2D eigenvalue weighted by molar-refractivity contribution is -0.134. The van der Waals surface area contributed by atoms with Gasteiger partial charge in [-0.2, -0.15) is 0 Å². The molecule has 1 N–H and O–H groups in total. The highest BCUT2D eigenvalue weighted by molar-refractivity contribution is 5.76. The van der Waals surface area contributed by atoms with Gasteiger partial charge >= 0.3 is 0 Å². The number of carbonyl (C=O) groups excluding carboxylic acids is 1. The lowest BCUT2D eigenvalue weighted by Gasteiger charge is -2.31. The van der Waals surface area contributed by atoms with Gasteiger partial charge in [0.05, 0.1) is 12.2 Å². The minimum Gasteiger partial charge on any atom is -0.334 e. The Morgan fingerprint density at radius 1 is 1.08 bits per heavy atom. The van der Waals surface area contributed by atoms with E-state index in [-0.39, 0.29) is 5.91 Å². The number of rotatable bonds is 6. The van der Waals surface area contributed by atoms with E-state index in [1.807, 2.05) is 36.4 Å².